The molecule has 0 unspecified atom stereocenters. The summed E-state index contributed by atoms with van der Waals surface area (Å²) in [5, 5.41) is 11.5. The maximum absolute atomic E-state index is 6.67. The number of fused-ring (bicyclic) bond motifs is 12. The molecule has 3 aromatic heterocycles. The lowest BCUT2D eigenvalue weighted by atomic mass is 9.91. The van der Waals surface area contributed by atoms with Crippen LogP contribution in [0.5, 0.6) is 0 Å². The summed E-state index contributed by atoms with van der Waals surface area (Å²) in [6, 6.07) is 122. The van der Waals surface area contributed by atoms with Crippen molar-refractivity contribution in [2.24, 2.45) is 0 Å². The lowest BCUT2D eigenvalue weighted by Gasteiger charge is -2.27. The van der Waals surface area contributed by atoms with E-state index in [0.29, 0.717) is 11.8 Å². The van der Waals surface area contributed by atoms with Crippen LogP contribution >= 0.6 is 11.3 Å². The van der Waals surface area contributed by atoms with Crippen LogP contribution in [0.1, 0.15) is 0 Å². The Morgan fingerprint density at radius 3 is 1.53 bits per heavy atom. The van der Waals surface area contributed by atoms with Crippen molar-refractivity contribution in [1.82, 2.24) is 9.97 Å². The van der Waals surface area contributed by atoms with E-state index in [9.17, 15) is 0 Å². The van der Waals surface area contributed by atoms with Gasteiger partial charge in [0.1, 0.15) is 11.0 Å². The Morgan fingerprint density at radius 2 is 0.773 bits per heavy atom. The Kier molecular flexibility index (Phi) is 13.3. The minimum Gasteiger partial charge on any atom is -0.436 e. The van der Waals surface area contributed by atoms with Crippen molar-refractivity contribution in [2.75, 3.05) is 9.80 Å². The summed E-state index contributed by atoms with van der Waals surface area (Å²) >= 11 is 1.84. The number of nitrogens with zero attached hydrogens (tertiary/aromatic N) is 4. The van der Waals surface area contributed by atoms with E-state index in [-0.39, 0.29) is 0 Å². The number of hydrogen-bond donors (Lipinski definition) is 0. The average molecular weight is 1260 g/mol. The van der Waals surface area contributed by atoms with E-state index >= 15 is 0 Å². The Hall–Kier alpha value is -12.7. The van der Waals surface area contributed by atoms with Crippen LogP contribution in [0, 0.1) is 0 Å². The highest BCUT2D eigenvalue weighted by Gasteiger charge is 2.23. The van der Waals surface area contributed by atoms with Gasteiger partial charge in [0.2, 0.25) is 11.8 Å². The van der Waals surface area contributed by atoms with Gasteiger partial charge in [-0.25, -0.2) is 9.97 Å². The zero-order valence-electron chi connectivity index (χ0n) is 52.3. The number of thiophene rings is 1. The van der Waals surface area contributed by atoms with Gasteiger partial charge >= 0.3 is 0 Å². The molecule has 97 heavy (non-hydrogen) atoms. The first kappa shape index (κ1) is 55.9. The monoisotopic (exact) mass is 1260 g/mol. The second kappa shape index (κ2) is 23.1. The van der Waals surface area contributed by atoms with Crippen molar-refractivity contribution in [3.8, 4) is 67.4 Å². The van der Waals surface area contributed by atoms with Gasteiger partial charge in [0.05, 0.1) is 5.69 Å². The molecule has 0 fully saturated rings. The Balaban J connectivity index is 0.651. The van der Waals surface area contributed by atoms with Gasteiger partial charge in [0.25, 0.3) is 0 Å². The highest BCUT2D eigenvalue weighted by molar-refractivity contribution is 7.25. The molecule has 0 saturated heterocycles. The van der Waals surface area contributed by atoms with Gasteiger partial charge in [0, 0.05) is 75.9 Å². The molecule has 16 aromatic carbocycles. The predicted molar refractivity (Wildman–Crippen MR) is 406 cm³/mol. The van der Waals surface area contributed by atoms with E-state index < -0.39 is 0 Å². The number of aromatic nitrogens is 2. The van der Waals surface area contributed by atoms with Gasteiger partial charge < -0.3 is 18.6 Å². The number of anilines is 6. The van der Waals surface area contributed by atoms with Crippen LogP contribution in [0.2, 0.25) is 0 Å². The number of rotatable bonds is 12. The van der Waals surface area contributed by atoms with Gasteiger partial charge in [-0.05, 0) is 205 Å². The number of hydrogen-bond acceptors (Lipinski definition) is 7. The molecule has 0 atom stereocenters. The fraction of sp³-hybridized carbons (Fsp3) is 0. The predicted octanol–water partition coefficient (Wildman–Crippen LogP) is 25.9. The van der Waals surface area contributed by atoms with Gasteiger partial charge in [-0.15, -0.1) is 11.3 Å². The van der Waals surface area contributed by atoms with Crippen LogP contribution < -0.4 is 9.80 Å². The van der Waals surface area contributed by atoms with Crippen LogP contribution in [-0.4, -0.2) is 9.97 Å². The molecule has 0 aliphatic rings. The fourth-order valence-electron chi connectivity index (χ4n) is 14.4. The normalized spacial score (nSPS) is 11.7. The summed E-state index contributed by atoms with van der Waals surface area (Å²) in [4.78, 5) is 14.9. The highest BCUT2D eigenvalue weighted by atomic mass is 32.1. The molecular weight excluding hydrogens is 1200 g/mol. The molecule has 6 nitrogen and oxygen atoms in total. The third kappa shape index (κ3) is 9.87. The number of benzene rings is 16. The van der Waals surface area contributed by atoms with Crippen LogP contribution in [0.25, 0.3) is 153 Å². The van der Waals surface area contributed by atoms with Gasteiger partial charge in [0.15, 0.2) is 11.2 Å². The van der Waals surface area contributed by atoms with E-state index in [4.69, 9.17) is 18.8 Å². The minimum absolute atomic E-state index is 0.579. The van der Waals surface area contributed by atoms with Crippen molar-refractivity contribution in [3.05, 3.63) is 340 Å². The summed E-state index contributed by atoms with van der Waals surface area (Å²) in [6.07, 6.45) is 0. The van der Waals surface area contributed by atoms with Crippen LogP contribution in [0.3, 0.4) is 0 Å². The highest BCUT2D eigenvalue weighted by Crippen LogP contribution is 2.47. The van der Waals surface area contributed by atoms with Crippen molar-refractivity contribution in [3.63, 3.8) is 0 Å². The van der Waals surface area contributed by atoms with E-state index in [1.807, 2.05) is 41.7 Å². The second-order valence-corrected chi connectivity index (χ2v) is 25.9. The first-order valence-electron chi connectivity index (χ1n) is 32.7. The topological polar surface area (TPSA) is 58.5 Å². The molecule has 0 amide bonds. The molecule has 454 valence electrons. The molecule has 0 aliphatic heterocycles. The van der Waals surface area contributed by atoms with E-state index in [1.165, 1.54) is 52.8 Å². The zero-order chi connectivity index (χ0) is 63.9. The lowest BCUT2D eigenvalue weighted by Crippen LogP contribution is -2.10. The van der Waals surface area contributed by atoms with Crippen molar-refractivity contribution >= 4 is 131 Å². The maximum Gasteiger partial charge on any atom is 0.227 e. The molecule has 19 aromatic rings. The average Bonchev–Trinajstić information content (AvgIpc) is 1.68. The van der Waals surface area contributed by atoms with E-state index in [2.05, 4.69) is 319 Å². The fourth-order valence-corrected chi connectivity index (χ4v) is 15.5. The molecule has 0 radical (unpaired) electrons. The van der Waals surface area contributed by atoms with Crippen molar-refractivity contribution < 1.29 is 8.83 Å². The third-order valence-electron chi connectivity index (χ3n) is 19.1. The summed E-state index contributed by atoms with van der Waals surface area (Å²) in [7, 11) is 0. The molecule has 0 saturated carbocycles. The molecule has 19 rings (SSSR count). The maximum atomic E-state index is 6.67. The Bertz CT molecular complexity index is 6260. The SMILES string of the molecule is c1ccc(-c2cccc(N(c3ccc(-c4cc5cc(-c6ccc(-c7nc8c(ccc9c(N(c%10cccc(-c%11ccccc%11)c%10)c%10ccc%11c(c%10)sc%10ccccc%10%11)cccc98)o7)cc6)ccc5c5ccccc45)cc3)c3ccc4c(ccc5nc(-c6ccccc6)oc54)c3)c2)cc1. The first-order valence-corrected chi connectivity index (χ1v) is 33.6. The summed E-state index contributed by atoms with van der Waals surface area (Å²) in [6.45, 7) is 0. The lowest BCUT2D eigenvalue weighted by molar-refractivity contribution is 0.620. The van der Waals surface area contributed by atoms with Crippen LogP contribution in [-0.2, 0) is 0 Å². The van der Waals surface area contributed by atoms with Gasteiger partial charge in [-0.3, -0.25) is 0 Å². The van der Waals surface area contributed by atoms with Crippen LogP contribution in [0.15, 0.2) is 349 Å². The summed E-state index contributed by atoms with van der Waals surface area (Å²) in [5.74, 6) is 1.19. The third-order valence-corrected chi connectivity index (χ3v) is 20.2. The van der Waals surface area contributed by atoms with E-state index in [1.54, 1.807) is 0 Å². The molecule has 0 N–H and O–H groups in total. The summed E-state index contributed by atoms with van der Waals surface area (Å²) in [5.41, 5.74) is 20.5. The quantitative estimate of drug-likeness (QED) is 0.114. The van der Waals surface area contributed by atoms with Crippen LogP contribution in [0.4, 0.5) is 34.1 Å². The Morgan fingerprint density at radius 1 is 0.258 bits per heavy atom. The van der Waals surface area contributed by atoms with Crippen molar-refractivity contribution in [1.29, 1.82) is 0 Å². The smallest absolute Gasteiger partial charge is 0.227 e. The molecule has 3 heterocycles. The second-order valence-electron chi connectivity index (χ2n) is 24.8. The summed E-state index contributed by atoms with van der Waals surface area (Å²) < 4.78 is 15.7. The molecule has 0 aliphatic carbocycles. The molecular formula is C90H56N4O2S. The molecule has 0 bridgehead atoms. The molecule has 0 spiro atoms. The zero-order valence-corrected chi connectivity index (χ0v) is 53.2. The standard InChI is InChI=1S/C90H56N4O2S/c1-4-17-57(18-5-1)63-23-14-25-69(52-63)93(71-43-46-74-66(54-71)40-49-82-88(74)96-89(91-82)61-21-8-3-9-22-61)68-41-37-60(38-42-68)81-55-67-51-65(39-45-73(67)75-27-10-11-28-76(75)81)59-33-35-62(36-34-59)90-92-87-80-30-16-31-83(77(80)48-50-84(87)95-90)94(70-26-15-24-64(53-70)58-19-6-2-7-20-58)72-44-47-79-78-29-12-13-32-85(78)97-86(79)56-72/h1-56H. The van der Waals surface area contributed by atoms with E-state index in [0.717, 1.165) is 122 Å². The van der Waals surface area contributed by atoms with Gasteiger partial charge in [-0.2, -0.15) is 0 Å². The van der Waals surface area contributed by atoms with Gasteiger partial charge in [-0.1, -0.05) is 206 Å². The number of oxazole rings is 2. The van der Waals surface area contributed by atoms with Crippen molar-refractivity contribution in [2.45, 2.75) is 0 Å². The Labute approximate surface area is 563 Å². The minimum atomic E-state index is 0.579. The first-order chi connectivity index (χ1) is 48.0. The molecule has 7 heteroatoms. The largest absolute Gasteiger partial charge is 0.436 e.